The Morgan fingerprint density at radius 1 is 1.50 bits per heavy atom. The minimum Gasteiger partial charge on any atom is -0.434 e. The monoisotopic (exact) mass is 254 g/mol. The lowest BCUT2D eigenvalue weighted by Gasteiger charge is -2.09. The number of nitrogens with two attached hydrogens (primary N) is 1. The molecular weight excluding hydrogens is 240 g/mol. The molecule has 7 nitrogen and oxygen atoms in total. The maximum absolute atomic E-state index is 11.3. The Hall–Kier alpha value is -2.31. The van der Waals surface area contributed by atoms with Gasteiger partial charge in [0.15, 0.2) is 5.75 Å². The standard InChI is InChI=1S/C11H14N2O5/c1-7(2)6-17-11(14)18-10-5-8(13(15)16)3-4-9(10)12/h3-5,7H,6,12H2,1-2H3. The Kier molecular flexibility index (Phi) is 4.47. The van der Waals surface area contributed by atoms with Gasteiger partial charge in [0.2, 0.25) is 0 Å². The van der Waals surface area contributed by atoms with Gasteiger partial charge in [0.05, 0.1) is 23.3 Å². The average molecular weight is 254 g/mol. The van der Waals surface area contributed by atoms with Crippen LogP contribution < -0.4 is 10.5 Å². The smallest absolute Gasteiger partial charge is 0.434 e. The highest BCUT2D eigenvalue weighted by molar-refractivity contribution is 5.69. The minimum atomic E-state index is -0.934. The van der Waals surface area contributed by atoms with Gasteiger partial charge in [-0.2, -0.15) is 0 Å². The van der Waals surface area contributed by atoms with Crippen LogP contribution in [0.4, 0.5) is 16.2 Å². The Bertz CT molecular complexity index is 459. The lowest BCUT2D eigenvalue weighted by Crippen LogP contribution is -2.15. The molecule has 2 N–H and O–H groups in total. The maximum Gasteiger partial charge on any atom is 0.513 e. The zero-order chi connectivity index (χ0) is 13.7. The molecule has 18 heavy (non-hydrogen) atoms. The number of carbonyl (C=O) groups excluding carboxylic acids is 1. The highest BCUT2D eigenvalue weighted by atomic mass is 16.7. The first-order chi connectivity index (χ1) is 8.40. The second kappa shape index (κ2) is 5.85. The lowest BCUT2D eigenvalue weighted by atomic mass is 10.2. The van der Waals surface area contributed by atoms with Gasteiger partial charge in [-0.25, -0.2) is 4.79 Å². The molecule has 0 fully saturated rings. The van der Waals surface area contributed by atoms with Crippen molar-refractivity contribution in [2.45, 2.75) is 13.8 Å². The molecule has 1 rings (SSSR count). The van der Waals surface area contributed by atoms with Crippen LogP contribution in [0.5, 0.6) is 5.75 Å². The fourth-order valence-corrected chi connectivity index (χ4v) is 1.08. The number of non-ortho nitro benzene ring substituents is 1. The third-order valence-electron chi connectivity index (χ3n) is 1.94. The van der Waals surface area contributed by atoms with Gasteiger partial charge in [-0.05, 0) is 12.0 Å². The molecule has 0 aliphatic heterocycles. The number of hydrogen-bond acceptors (Lipinski definition) is 6. The predicted molar refractivity (Wildman–Crippen MR) is 64.3 cm³/mol. The van der Waals surface area contributed by atoms with Crippen LogP contribution in [0.2, 0.25) is 0 Å². The molecule has 0 spiro atoms. The third-order valence-corrected chi connectivity index (χ3v) is 1.94. The van der Waals surface area contributed by atoms with Crippen molar-refractivity contribution >= 4 is 17.5 Å². The molecule has 7 heteroatoms. The van der Waals surface area contributed by atoms with Gasteiger partial charge in [-0.15, -0.1) is 0 Å². The van der Waals surface area contributed by atoms with Gasteiger partial charge >= 0.3 is 6.16 Å². The van der Waals surface area contributed by atoms with Crippen LogP contribution >= 0.6 is 0 Å². The molecule has 0 atom stereocenters. The summed E-state index contributed by atoms with van der Waals surface area (Å²) in [5.41, 5.74) is 5.45. The number of nitro benzene ring substituents is 1. The van der Waals surface area contributed by atoms with E-state index in [1.54, 1.807) is 0 Å². The van der Waals surface area contributed by atoms with E-state index in [0.29, 0.717) is 0 Å². The van der Waals surface area contributed by atoms with Crippen molar-refractivity contribution in [1.29, 1.82) is 0 Å². The molecule has 0 radical (unpaired) electrons. The van der Waals surface area contributed by atoms with Gasteiger partial charge in [-0.1, -0.05) is 13.8 Å². The number of rotatable bonds is 4. The molecule has 0 saturated heterocycles. The molecule has 0 aromatic heterocycles. The number of benzene rings is 1. The normalized spacial score (nSPS) is 10.2. The molecule has 0 saturated carbocycles. The van der Waals surface area contributed by atoms with E-state index in [1.807, 2.05) is 13.8 Å². The van der Waals surface area contributed by atoms with Crippen LogP contribution in [-0.4, -0.2) is 17.7 Å². The summed E-state index contributed by atoms with van der Waals surface area (Å²) < 4.78 is 9.57. The first-order valence-electron chi connectivity index (χ1n) is 5.28. The molecular formula is C11H14N2O5. The highest BCUT2D eigenvalue weighted by Crippen LogP contribution is 2.27. The van der Waals surface area contributed by atoms with Crippen LogP contribution in [-0.2, 0) is 4.74 Å². The quantitative estimate of drug-likeness (QED) is 0.290. The van der Waals surface area contributed by atoms with Crippen molar-refractivity contribution in [3.63, 3.8) is 0 Å². The number of carbonyl (C=O) groups is 1. The summed E-state index contributed by atoms with van der Waals surface area (Å²) in [6, 6.07) is 3.59. The van der Waals surface area contributed by atoms with Gasteiger partial charge in [0, 0.05) is 6.07 Å². The fraction of sp³-hybridized carbons (Fsp3) is 0.364. The SMILES string of the molecule is CC(C)COC(=O)Oc1cc([N+](=O)[O-])ccc1N. The van der Waals surface area contributed by atoms with Crippen molar-refractivity contribution in [3.8, 4) is 5.75 Å². The summed E-state index contributed by atoms with van der Waals surface area (Å²) in [5.74, 6) is 0.0814. The van der Waals surface area contributed by atoms with Crippen molar-refractivity contribution in [1.82, 2.24) is 0 Å². The van der Waals surface area contributed by atoms with Crippen LogP contribution in [0.1, 0.15) is 13.8 Å². The number of anilines is 1. The van der Waals surface area contributed by atoms with Crippen LogP contribution in [0.25, 0.3) is 0 Å². The summed E-state index contributed by atoms with van der Waals surface area (Å²) in [6.07, 6.45) is -0.934. The largest absolute Gasteiger partial charge is 0.513 e. The zero-order valence-corrected chi connectivity index (χ0v) is 10.1. The Labute approximate surface area is 104 Å². The van der Waals surface area contributed by atoms with Crippen LogP contribution in [0.15, 0.2) is 18.2 Å². The molecule has 0 heterocycles. The molecule has 1 aromatic carbocycles. The van der Waals surface area contributed by atoms with Crippen LogP contribution in [0.3, 0.4) is 0 Å². The summed E-state index contributed by atoms with van der Waals surface area (Å²) in [7, 11) is 0. The van der Waals surface area contributed by atoms with E-state index in [2.05, 4.69) is 0 Å². The first kappa shape index (κ1) is 13.8. The second-order valence-corrected chi connectivity index (χ2v) is 4.04. The summed E-state index contributed by atoms with van der Waals surface area (Å²) in [6.45, 7) is 3.94. The number of hydrogen-bond donors (Lipinski definition) is 1. The molecule has 0 unspecified atom stereocenters. The molecule has 0 aliphatic carbocycles. The number of nitrogens with zero attached hydrogens (tertiary/aromatic N) is 1. The van der Waals surface area contributed by atoms with E-state index in [1.165, 1.54) is 12.1 Å². The fourth-order valence-electron chi connectivity index (χ4n) is 1.08. The van der Waals surface area contributed by atoms with E-state index in [0.717, 1.165) is 6.07 Å². The average Bonchev–Trinajstić information content (AvgIpc) is 2.29. The number of ether oxygens (including phenoxy) is 2. The molecule has 0 bridgehead atoms. The predicted octanol–water partition coefficient (Wildman–Crippen LogP) is 2.35. The maximum atomic E-state index is 11.3. The summed E-state index contributed by atoms with van der Waals surface area (Å²) in [5, 5.41) is 10.6. The van der Waals surface area contributed by atoms with Crippen molar-refractivity contribution < 1.29 is 19.2 Å². The van der Waals surface area contributed by atoms with Gasteiger partial charge in [-0.3, -0.25) is 10.1 Å². The van der Waals surface area contributed by atoms with E-state index in [9.17, 15) is 14.9 Å². The molecule has 1 aromatic rings. The van der Waals surface area contributed by atoms with Crippen molar-refractivity contribution in [2.24, 2.45) is 5.92 Å². The van der Waals surface area contributed by atoms with Gasteiger partial charge in [0.1, 0.15) is 0 Å². The Balaban J connectivity index is 2.74. The minimum absolute atomic E-state index is 0.0852. The topological polar surface area (TPSA) is 105 Å². The van der Waals surface area contributed by atoms with Gasteiger partial charge in [0.25, 0.3) is 5.69 Å². The number of nitrogen functional groups attached to an aromatic ring is 1. The Morgan fingerprint density at radius 2 is 2.17 bits per heavy atom. The molecule has 98 valence electrons. The van der Waals surface area contributed by atoms with Crippen molar-refractivity contribution in [3.05, 3.63) is 28.3 Å². The van der Waals surface area contributed by atoms with Crippen LogP contribution in [0, 0.1) is 16.0 Å². The van der Waals surface area contributed by atoms with Gasteiger partial charge < -0.3 is 15.2 Å². The van der Waals surface area contributed by atoms with E-state index in [-0.39, 0.29) is 29.6 Å². The first-order valence-corrected chi connectivity index (χ1v) is 5.28. The molecule has 0 amide bonds. The lowest BCUT2D eigenvalue weighted by molar-refractivity contribution is -0.384. The van der Waals surface area contributed by atoms with E-state index >= 15 is 0 Å². The summed E-state index contributed by atoms with van der Waals surface area (Å²) in [4.78, 5) is 21.2. The number of nitro groups is 1. The zero-order valence-electron chi connectivity index (χ0n) is 10.1. The Morgan fingerprint density at radius 3 is 2.72 bits per heavy atom. The molecule has 0 aliphatic rings. The highest BCUT2D eigenvalue weighted by Gasteiger charge is 2.14. The van der Waals surface area contributed by atoms with Crippen molar-refractivity contribution in [2.75, 3.05) is 12.3 Å². The third kappa shape index (κ3) is 3.93. The van der Waals surface area contributed by atoms with E-state index in [4.69, 9.17) is 15.2 Å². The second-order valence-electron chi connectivity index (χ2n) is 4.04. The van der Waals surface area contributed by atoms with E-state index < -0.39 is 11.1 Å². The summed E-state index contributed by atoms with van der Waals surface area (Å²) >= 11 is 0.